The minimum absolute atomic E-state index is 0.873. The summed E-state index contributed by atoms with van der Waals surface area (Å²) < 4.78 is 6.11. The highest BCUT2D eigenvalue weighted by Crippen LogP contribution is 2.17. The van der Waals surface area contributed by atoms with Crippen molar-refractivity contribution in [2.45, 2.75) is 45.3 Å². The summed E-state index contributed by atoms with van der Waals surface area (Å²) in [5.41, 5.74) is 0. The summed E-state index contributed by atoms with van der Waals surface area (Å²) in [5.74, 6) is 0. The molecule has 0 rings (SSSR count). The Bertz CT molecular complexity index is 250. The van der Waals surface area contributed by atoms with Gasteiger partial charge in [-0.25, -0.2) is 0 Å². The van der Waals surface area contributed by atoms with Crippen LogP contribution in [0.15, 0.2) is 0 Å². The number of hydrogen-bond donors (Lipinski definition) is 0. The van der Waals surface area contributed by atoms with Crippen LogP contribution in [0.3, 0.4) is 0 Å². The Balaban J connectivity index is 4.30. The van der Waals surface area contributed by atoms with Crippen molar-refractivity contribution in [3.63, 3.8) is 0 Å². The van der Waals surface area contributed by atoms with Crippen LogP contribution in [0.4, 0.5) is 0 Å². The summed E-state index contributed by atoms with van der Waals surface area (Å²) in [6.45, 7) is 13.7. The van der Waals surface area contributed by atoms with Gasteiger partial charge in [0.05, 0.1) is 0 Å². The van der Waals surface area contributed by atoms with Crippen LogP contribution in [0.25, 0.3) is 0 Å². The highest BCUT2D eigenvalue weighted by Gasteiger charge is 2.26. The largest absolute Gasteiger partial charge is 0.417 e. The van der Waals surface area contributed by atoms with Crippen molar-refractivity contribution in [3.05, 3.63) is 0 Å². The molecular formula is C17H41N3OSi. The van der Waals surface area contributed by atoms with E-state index in [1.165, 1.54) is 57.7 Å². The first-order valence-corrected chi connectivity index (χ1v) is 11.8. The SMILES string of the molecule is CCO[Si](C)(CC)CCN(CCCN(C)C)CCCN(C)C. The molecule has 0 aromatic heterocycles. The van der Waals surface area contributed by atoms with Crippen LogP contribution in [0.5, 0.6) is 0 Å². The smallest absolute Gasteiger partial charge is 0.190 e. The van der Waals surface area contributed by atoms with Gasteiger partial charge in [0.2, 0.25) is 0 Å². The number of rotatable bonds is 14. The second kappa shape index (κ2) is 12.5. The summed E-state index contributed by atoms with van der Waals surface area (Å²) in [6, 6.07) is 2.49. The zero-order chi connectivity index (χ0) is 17.0. The van der Waals surface area contributed by atoms with E-state index < -0.39 is 8.32 Å². The molecule has 0 saturated heterocycles. The first-order valence-electron chi connectivity index (χ1n) is 8.98. The lowest BCUT2D eigenvalue weighted by Gasteiger charge is -2.30. The molecule has 1 atom stereocenters. The van der Waals surface area contributed by atoms with Crippen LogP contribution in [-0.2, 0) is 4.43 Å². The van der Waals surface area contributed by atoms with Gasteiger partial charge in [0.15, 0.2) is 8.32 Å². The van der Waals surface area contributed by atoms with E-state index in [0.29, 0.717) is 0 Å². The second-order valence-corrected chi connectivity index (χ2v) is 11.5. The van der Waals surface area contributed by atoms with E-state index in [4.69, 9.17) is 4.43 Å². The van der Waals surface area contributed by atoms with Gasteiger partial charge in [-0.3, -0.25) is 0 Å². The minimum atomic E-state index is -1.47. The molecule has 0 aliphatic rings. The normalized spacial score (nSPS) is 15.0. The van der Waals surface area contributed by atoms with E-state index >= 15 is 0 Å². The molecule has 0 aromatic carbocycles. The predicted molar refractivity (Wildman–Crippen MR) is 101 cm³/mol. The second-order valence-electron chi connectivity index (χ2n) is 7.14. The van der Waals surface area contributed by atoms with Crippen molar-refractivity contribution < 1.29 is 4.43 Å². The van der Waals surface area contributed by atoms with Gasteiger partial charge in [-0.05, 0) is 99.3 Å². The molecule has 0 aliphatic heterocycles. The molecule has 0 heterocycles. The van der Waals surface area contributed by atoms with Crippen molar-refractivity contribution in [1.29, 1.82) is 0 Å². The molecule has 22 heavy (non-hydrogen) atoms. The summed E-state index contributed by atoms with van der Waals surface area (Å²) in [4.78, 5) is 7.22. The van der Waals surface area contributed by atoms with Crippen molar-refractivity contribution in [1.82, 2.24) is 14.7 Å². The molecule has 5 heteroatoms. The number of nitrogens with zero attached hydrogens (tertiary/aromatic N) is 3. The molecule has 134 valence electrons. The highest BCUT2D eigenvalue weighted by molar-refractivity contribution is 6.72. The van der Waals surface area contributed by atoms with Crippen molar-refractivity contribution in [2.24, 2.45) is 0 Å². The topological polar surface area (TPSA) is 19.0 Å². The van der Waals surface area contributed by atoms with Crippen molar-refractivity contribution in [2.75, 3.05) is 67.5 Å². The van der Waals surface area contributed by atoms with Gasteiger partial charge in [0.1, 0.15) is 0 Å². The lowest BCUT2D eigenvalue weighted by Crippen LogP contribution is -2.39. The number of hydrogen-bond acceptors (Lipinski definition) is 4. The van der Waals surface area contributed by atoms with Crippen LogP contribution >= 0.6 is 0 Å². The molecule has 0 saturated carbocycles. The van der Waals surface area contributed by atoms with Crippen LogP contribution in [0, 0.1) is 0 Å². The van der Waals surface area contributed by atoms with Gasteiger partial charge in [0.25, 0.3) is 0 Å². The molecule has 0 aromatic rings. The van der Waals surface area contributed by atoms with E-state index in [-0.39, 0.29) is 0 Å². The van der Waals surface area contributed by atoms with Gasteiger partial charge in [-0.2, -0.15) is 0 Å². The maximum atomic E-state index is 6.11. The first-order chi connectivity index (χ1) is 10.3. The molecule has 1 unspecified atom stereocenters. The Morgan fingerprint density at radius 2 is 1.27 bits per heavy atom. The Morgan fingerprint density at radius 3 is 1.64 bits per heavy atom. The summed E-state index contributed by atoms with van der Waals surface area (Å²) in [6.07, 6.45) is 2.52. The minimum Gasteiger partial charge on any atom is -0.417 e. The summed E-state index contributed by atoms with van der Waals surface area (Å²) in [5, 5.41) is 0. The molecule has 0 amide bonds. The predicted octanol–water partition coefficient (Wildman–Crippen LogP) is 2.82. The molecular weight excluding hydrogens is 290 g/mol. The molecule has 0 N–H and O–H groups in total. The fourth-order valence-corrected chi connectivity index (χ4v) is 4.84. The van der Waals surface area contributed by atoms with Crippen LogP contribution in [-0.4, -0.2) is 90.5 Å². The van der Waals surface area contributed by atoms with Gasteiger partial charge in [-0.1, -0.05) is 6.92 Å². The van der Waals surface area contributed by atoms with Crippen LogP contribution < -0.4 is 0 Å². The Hall–Kier alpha value is 0.0569. The third-order valence-corrected chi connectivity index (χ3v) is 8.12. The van der Waals surface area contributed by atoms with Crippen LogP contribution in [0.1, 0.15) is 26.7 Å². The Labute approximate surface area is 140 Å². The molecule has 0 radical (unpaired) electrons. The fourth-order valence-electron chi connectivity index (χ4n) is 2.65. The third kappa shape index (κ3) is 11.6. The van der Waals surface area contributed by atoms with Gasteiger partial charge >= 0.3 is 0 Å². The maximum absolute atomic E-state index is 6.11. The van der Waals surface area contributed by atoms with E-state index in [1.54, 1.807) is 0 Å². The average molecular weight is 332 g/mol. The van der Waals surface area contributed by atoms with E-state index in [1.807, 2.05) is 0 Å². The standard InChI is InChI=1S/C17H41N3OSi/c1-8-21-22(7,9-2)17-16-20(14-10-12-18(3)4)15-11-13-19(5)6/h8-17H2,1-7H3. The lowest BCUT2D eigenvalue weighted by molar-refractivity contribution is 0.243. The monoisotopic (exact) mass is 331 g/mol. The zero-order valence-electron chi connectivity index (χ0n) is 16.3. The highest BCUT2D eigenvalue weighted by atomic mass is 28.4. The summed E-state index contributed by atoms with van der Waals surface area (Å²) in [7, 11) is 7.17. The quantitative estimate of drug-likeness (QED) is 0.456. The third-order valence-electron chi connectivity index (χ3n) is 4.36. The average Bonchev–Trinajstić information content (AvgIpc) is 2.43. The van der Waals surface area contributed by atoms with Gasteiger partial charge < -0.3 is 19.1 Å². The Kier molecular flexibility index (Phi) is 12.5. The molecule has 0 bridgehead atoms. The van der Waals surface area contributed by atoms with Gasteiger partial charge in [0, 0.05) is 6.61 Å². The molecule has 0 aliphatic carbocycles. The maximum Gasteiger partial charge on any atom is 0.190 e. The van der Waals surface area contributed by atoms with E-state index in [2.05, 4.69) is 63.3 Å². The Morgan fingerprint density at radius 1 is 0.773 bits per heavy atom. The molecule has 0 fully saturated rings. The summed E-state index contributed by atoms with van der Waals surface area (Å²) >= 11 is 0. The molecule has 0 spiro atoms. The van der Waals surface area contributed by atoms with Gasteiger partial charge in [-0.15, -0.1) is 0 Å². The van der Waals surface area contributed by atoms with Crippen LogP contribution in [0.2, 0.25) is 18.6 Å². The molecule has 4 nitrogen and oxygen atoms in total. The first kappa shape index (κ1) is 22.1. The van der Waals surface area contributed by atoms with E-state index in [0.717, 1.165) is 6.61 Å². The zero-order valence-corrected chi connectivity index (χ0v) is 17.3. The fraction of sp³-hybridized carbons (Fsp3) is 1.00. The van der Waals surface area contributed by atoms with Crippen molar-refractivity contribution in [3.8, 4) is 0 Å². The van der Waals surface area contributed by atoms with E-state index in [9.17, 15) is 0 Å². The lowest BCUT2D eigenvalue weighted by atomic mass is 10.3. The van der Waals surface area contributed by atoms with Crippen molar-refractivity contribution >= 4 is 8.32 Å².